The van der Waals surface area contributed by atoms with Gasteiger partial charge in [-0.1, -0.05) is 6.07 Å². The lowest BCUT2D eigenvalue weighted by Gasteiger charge is -2.22. The van der Waals surface area contributed by atoms with Crippen LogP contribution in [-0.4, -0.2) is 37.7 Å². The second-order valence-electron chi connectivity index (χ2n) is 6.22. The van der Waals surface area contributed by atoms with Crippen LogP contribution in [0.25, 0.3) is 11.0 Å². The Kier molecular flexibility index (Phi) is 4.64. The number of aromatic nitrogens is 2. The fourth-order valence-corrected chi connectivity index (χ4v) is 3.78. The van der Waals surface area contributed by atoms with E-state index in [2.05, 4.69) is 15.1 Å². The Morgan fingerprint density at radius 1 is 1.15 bits per heavy atom. The number of carbonyl (C=O) groups excluding carboxylic acids is 1. The topological polar surface area (TPSA) is 95.8 Å². The van der Waals surface area contributed by atoms with Gasteiger partial charge in [0.25, 0.3) is 0 Å². The van der Waals surface area contributed by atoms with Crippen molar-refractivity contribution in [2.24, 2.45) is 5.10 Å². The summed E-state index contributed by atoms with van der Waals surface area (Å²) in [5.74, 6) is -1.30. The van der Waals surface area contributed by atoms with Crippen LogP contribution >= 0.6 is 11.3 Å². The Hall–Kier alpha value is -3.13. The Bertz CT molecular complexity index is 1030. The van der Waals surface area contributed by atoms with Gasteiger partial charge in [-0.25, -0.2) is 5.01 Å². The van der Waals surface area contributed by atoms with Crippen LogP contribution in [0.2, 0.25) is 0 Å². The number of thiophene rings is 1. The quantitative estimate of drug-likeness (QED) is 0.733. The second-order valence-corrected chi connectivity index (χ2v) is 7.00. The molecular formula is C19H16N4O3S. The highest BCUT2D eigenvalue weighted by Gasteiger charge is 2.33. The molecule has 1 aliphatic heterocycles. The van der Waals surface area contributed by atoms with Crippen molar-refractivity contribution in [2.45, 2.75) is 25.3 Å². The first-order valence-electron chi connectivity index (χ1n) is 8.46. The van der Waals surface area contributed by atoms with Crippen molar-refractivity contribution in [3.63, 3.8) is 0 Å². The van der Waals surface area contributed by atoms with Crippen molar-refractivity contribution in [1.29, 1.82) is 0 Å². The number of rotatable bonds is 5. The summed E-state index contributed by atoms with van der Waals surface area (Å²) in [7, 11) is 0. The number of amides is 1. The molecule has 136 valence electrons. The van der Waals surface area contributed by atoms with Crippen molar-refractivity contribution < 1.29 is 14.7 Å². The summed E-state index contributed by atoms with van der Waals surface area (Å²) >= 11 is 1.57. The van der Waals surface area contributed by atoms with Crippen molar-refractivity contribution >= 4 is 40.0 Å². The van der Waals surface area contributed by atoms with Gasteiger partial charge in [-0.2, -0.15) is 16.4 Å². The Morgan fingerprint density at radius 3 is 2.70 bits per heavy atom. The molecule has 8 heteroatoms. The van der Waals surface area contributed by atoms with Gasteiger partial charge in [0.15, 0.2) is 0 Å². The lowest BCUT2D eigenvalue weighted by molar-refractivity contribution is -0.141. The summed E-state index contributed by atoms with van der Waals surface area (Å²) in [6.45, 7) is 0. The molecule has 0 radical (unpaired) electrons. The van der Waals surface area contributed by atoms with Gasteiger partial charge in [0.2, 0.25) is 5.91 Å². The van der Waals surface area contributed by atoms with Crippen LogP contribution in [-0.2, 0) is 9.59 Å². The van der Waals surface area contributed by atoms with Gasteiger partial charge in [-0.3, -0.25) is 19.6 Å². The predicted octanol–water partition coefficient (Wildman–Crippen LogP) is 3.23. The lowest BCUT2D eigenvalue weighted by atomic mass is 9.99. The van der Waals surface area contributed by atoms with Crippen LogP contribution in [0.15, 0.2) is 52.5 Å². The molecule has 3 heterocycles. The van der Waals surface area contributed by atoms with Gasteiger partial charge in [0.05, 0.1) is 29.2 Å². The zero-order valence-corrected chi connectivity index (χ0v) is 15.1. The number of hydrogen-bond donors (Lipinski definition) is 1. The third-order valence-electron chi connectivity index (χ3n) is 4.45. The summed E-state index contributed by atoms with van der Waals surface area (Å²) in [5.41, 5.74) is 4.24. The highest BCUT2D eigenvalue weighted by atomic mass is 32.1. The van der Waals surface area contributed by atoms with Gasteiger partial charge in [-0.05, 0) is 34.5 Å². The molecule has 2 aromatic heterocycles. The Morgan fingerprint density at radius 2 is 1.96 bits per heavy atom. The molecule has 1 aromatic carbocycles. The molecule has 0 bridgehead atoms. The van der Waals surface area contributed by atoms with Crippen molar-refractivity contribution in [2.75, 3.05) is 0 Å². The minimum Gasteiger partial charge on any atom is -0.481 e. The first kappa shape index (κ1) is 17.3. The summed E-state index contributed by atoms with van der Waals surface area (Å²) in [6.07, 6.45) is 3.54. The zero-order valence-electron chi connectivity index (χ0n) is 14.3. The molecule has 1 N–H and O–H groups in total. The van der Waals surface area contributed by atoms with Crippen molar-refractivity contribution in [1.82, 2.24) is 15.0 Å². The van der Waals surface area contributed by atoms with E-state index in [0.29, 0.717) is 6.42 Å². The van der Waals surface area contributed by atoms with E-state index in [1.54, 1.807) is 23.7 Å². The molecule has 1 aliphatic rings. The van der Waals surface area contributed by atoms with Crippen LogP contribution in [0, 0.1) is 0 Å². The Labute approximate surface area is 159 Å². The average molecular weight is 380 g/mol. The van der Waals surface area contributed by atoms with E-state index >= 15 is 0 Å². The van der Waals surface area contributed by atoms with Gasteiger partial charge >= 0.3 is 5.97 Å². The maximum Gasteiger partial charge on any atom is 0.303 e. The molecule has 27 heavy (non-hydrogen) atoms. The van der Waals surface area contributed by atoms with Crippen LogP contribution in [0.3, 0.4) is 0 Å². The van der Waals surface area contributed by atoms with Gasteiger partial charge in [0.1, 0.15) is 0 Å². The summed E-state index contributed by atoms with van der Waals surface area (Å²) < 4.78 is 0. The number of hydrazone groups is 1. The van der Waals surface area contributed by atoms with Gasteiger partial charge < -0.3 is 5.11 Å². The van der Waals surface area contributed by atoms with Crippen molar-refractivity contribution in [3.05, 3.63) is 58.5 Å². The Balaban J connectivity index is 1.67. The van der Waals surface area contributed by atoms with Gasteiger partial charge in [0, 0.05) is 30.8 Å². The molecule has 0 unspecified atom stereocenters. The molecule has 0 spiro atoms. The smallest absolute Gasteiger partial charge is 0.303 e. The summed E-state index contributed by atoms with van der Waals surface area (Å²) in [5, 5.41) is 18.8. The number of nitrogens with zero attached hydrogens (tertiary/aromatic N) is 4. The van der Waals surface area contributed by atoms with Crippen LogP contribution in [0.4, 0.5) is 0 Å². The van der Waals surface area contributed by atoms with Crippen LogP contribution < -0.4 is 0 Å². The average Bonchev–Trinajstić information content (AvgIpc) is 3.35. The molecular weight excluding hydrogens is 364 g/mol. The van der Waals surface area contributed by atoms with E-state index in [1.165, 1.54) is 5.01 Å². The number of aliphatic carboxylic acids is 1. The van der Waals surface area contributed by atoms with E-state index in [4.69, 9.17) is 5.11 Å². The molecule has 0 fully saturated rings. The fraction of sp³-hybridized carbons (Fsp3) is 0.211. The number of benzene rings is 1. The van der Waals surface area contributed by atoms with E-state index < -0.39 is 5.97 Å². The van der Waals surface area contributed by atoms with E-state index in [0.717, 1.165) is 27.9 Å². The highest BCUT2D eigenvalue weighted by molar-refractivity contribution is 7.08. The first-order chi connectivity index (χ1) is 13.1. The molecule has 1 atom stereocenters. The number of fused-ring (bicyclic) bond motifs is 1. The number of hydrogen-bond acceptors (Lipinski definition) is 6. The van der Waals surface area contributed by atoms with E-state index in [9.17, 15) is 9.59 Å². The number of carboxylic acids is 1. The second kappa shape index (κ2) is 7.24. The minimum atomic E-state index is -0.998. The minimum absolute atomic E-state index is 0.0837. The SMILES string of the molecule is O=C(O)CCC(=O)N1N=C(c2ccsc2)C[C@H]1c1ccc2nccnc2c1. The van der Waals surface area contributed by atoms with Gasteiger partial charge in [-0.15, -0.1) is 0 Å². The lowest BCUT2D eigenvalue weighted by Crippen LogP contribution is -2.27. The van der Waals surface area contributed by atoms with E-state index in [1.807, 2.05) is 35.0 Å². The molecule has 1 amide bonds. The largest absolute Gasteiger partial charge is 0.481 e. The normalized spacial score (nSPS) is 16.5. The molecule has 4 rings (SSSR count). The fourth-order valence-electron chi connectivity index (χ4n) is 3.12. The molecule has 7 nitrogen and oxygen atoms in total. The number of carbonyl (C=O) groups is 2. The standard InChI is InChI=1S/C19H16N4O3S/c24-18(3-4-19(25)26)23-17(10-15(22-23)13-5-8-27-11-13)12-1-2-14-16(9-12)21-7-6-20-14/h1-2,5-9,11,17H,3-4,10H2,(H,25,26)/t17-/m0/s1. The molecule has 0 saturated heterocycles. The third kappa shape index (κ3) is 3.56. The van der Waals surface area contributed by atoms with Crippen LogP contribution in [0.5, 0.6) is 0 Å². The third-order valence-corrected chi connectivity index (χ3v) is 5.13. The first-order valence-corrected chi connectivity index (χ1v) is 9.40. The summed E-state index contributed by atoms with van der Waals surface area (Å²) in [4.78, 5) is 32.1. The zero-order chi connectivity index (χ0) is 18.8. The maximum absolute atomic E-state index is 12.6. The molecule has 0 saturated carbocycles. The number of carboxylic acid groups (broad SMARTS) is 1. The predicted molar refractivity (Wildman–Crippen MR) is 101 cm³/mol. The summed E-state index contributed by atoms with van der Waals surface area (Å²) in [6, 6.07) is 7.40. The van der Waals surface area contributed by atoms with Crippen LogP contribution in [0.1, 0.15) is 36.4 Å². The van der Waals surface area contributed by atoms with E-state index in [-0.39, 0.29) is 24.8 Å². The monoisotopic (exact) mass is 380 g/mol. The highest BCUT2D eigenvalue weighted by Crippen LogP contribution is 2.34. The molecule has 0 aliphatic carbocycles. The molecule has 3 aromatic rings. The maximum atomic E-state index is 12.6. The van der Waals surface area contributed by atoms with Crippen molar-refractivity contribution in [3.8, 4) is 0 Å².